The van der Waals surface area contributed by atoms with Crippen molar-refractivity contribution in [3.63, 3.8) is 0 Å². The molecule has 4 heterocycles. The molecule has 7 nitrogen and oxygen atoms in total. The topological polar surface area (TPSA) is 81.6 Å². The minimum Gasteiger partial charge on any atom is -0.481 e. The van der Waals surface area contributed by atoms with E-state index in [4.69, 9.17) is 33.2 Å². The second-order valence-corrected chi connectivity index (χ2v) is 13.3. The molecule has 2 aliphatic heterocycles. The van der Waals surface area contributed by atoms with Gasteiger partial charge in [-0.2, -0.15) is 4.98 Å². The van der Waals surface area contributed by atoms with Gasteiger partial charge in [0.15, 0.2) is 0 Å². The molecule has 202 valence electrons. The van der Waals surface area contributed by atoms with E-state index in [1.54, 1.807) is 17.4 Å². The number of carboxylic acids is 1. The smallest absolute Gasteiger partial charge is 0.309 e. The van der Waals surface area contributed by atoms with E-state index in [2.05, 4.69) is 33.5 Å². The summed E-state index contributed by atoms with van der Waals surface area (Å²) in [7, 11) is 0. The average Bonchev–Trinajstić information content (AvgIpc) is 3.30. The Morgan fingerprint density at radius 2 is 1.97 bits per heavy atom. The van der Waals surface area contributed by atoms with Crippen LogP contribution in [0.25, 0.3) is 10.2 Å². The van der Waals surface area contributed by atoms with Crippen molar-refractivity contribution in [1.29, 1.82) is 0 Å². The molecule has 2 atom stereocenters. The van der Waals surface area contributed by atoms with Crippen molar-refractivity contribution in [2.75, 3.05) is 36.4 Å². The number of carboxylic acid groups (broad SMARTS) is 1. The number of thiophene rings is 1. The van der Waals surface area contributed by atoms with Crippen molar-refractivity contribution in [2.45, 2.75) is 51.6 Å². The van der Waals surface area contributed by atoms with E-state index in [0.29, 0.717) is 27.9 Å². The normalized spacial score (nSPS) is 27.1. The largest absolute Gasteiger partial charge is 0.481 e. The Morgan fingerprint density at radius 3 is 2.71 bits per heavy atom. The van der Waals surface area contributed by atoms with Crippen molar-refractivity contribution in [1.82, 2.24) is 14.9 Å². The summed E-state index contributed by atoms with van der Waals surface area (Å²) in [6.07, 6.45) is 3.98. The number of likely N-dealkylation sites (tertiary alicyclic amines) is 1. The first kappa shape index (κ1) is 26.1. The van der Waals surface area contributed by atoms with Crippen LogP contribution in [-0.2, 0) is 4.79 Å². The van der Waals surface area contributed by atoms with Crippen LogP contribution in [0.15, 0.2) is 29.6 Å². The molecule has 10 heteroatoms. The Morgan fingerprint density at radius 1 is 1.18 bits per heavy atom. The van der Waals surface area contributed by atoms with Crippen LogP contribution in [0.2, 0.25) is 10.0 Å². The molecule has 1 aromatic carbocycles. The second-order valence-electron chi connectivity index (χ2n) is 11.5. The zero-order valence-corrected chi connectivity index (χ0v) is 24.0. The van der Waals surface area contributed by atoms with Crippen LogP contribution in [-0.4, -0.2) is 58.2 Å². The third-order valence-corrected chi connectivity index (χ3v) is 10.3. The number of piperidine rings is 1. The Kier molecular flexibility index (Phi) is 6.95. The number of hydrogen-bond acceptors (Lipinski definition) is 7. The van der Waals surface area contributed by atoms with Gasteiger partial charge < -0.3 is 20.2 Å². The zero-order valence-electron chi connectivity index (χ0n) is 21.7. The number of nitrogens with one attached hydrogen (secondary N) is 1. The van der Waals surface area contributed by atoms with Crippen LogP contribution >= 0.6 is 34.5 Å². The SMILES string of the molecule is C[C@@H](Nc1nc(N2CC(C3CCCN(C4CC(C)(C(=O)O)C4)C3)C2)nc2ccsc12)c1ccc(Cl)cc1Cl. The van der Waals surface area contributed by atoms with Crippen LogP contribution in [0.3, 0.4) is 0 Å². The highest BCUT2D eigenvalue weighted by Gasteiger charge is 2.49. The van der Waals surface area contributed by atoms with Crippen molar-refractivity contribution in [2.24, 2.45) is 17.3 Å². The first-order valence-corrected chi connectivity index (χ1v) is 15.0. The number of hydrogen-bond donors (Lipinski definition) is 2. The zero-order chi connectivity index (χ0) is 26.6. The minimum absolute atomic E-state index is 0.0420. The van der Waals surface area contributed by atoms with E-state index in [0.717, 1.165) is 66.6 Å². The summed E-state index contributed by atoms with van der Waals surface area (Å²) in [6.45, 7) is 8.06. The van der Waals surface area contributed by atoms with Gasteiger partial charge in [0, 0.05) is 35.7 Å². The highest BCUT2D eigenvalue weighted by molar-refractivity contribution is 7.17. The molecule has 2 aromatic heterocycles. The average molecular weight is 575 g/mol. The Labute approximate surface area is 237 Å². The lowest BCUT2D eigenvalue weighted by Gasteiger charge is -2.52. The number of rotatable bonds is 7. The predicted molar refractivity (Wildman–Crippen MR) is 155 cm³/mol. The molecule has 0 amide bonds. The summed E-state index contributed by atoms with van der Waals surface area (Å²) in [5.74, 6) is 2.21. The number of fused-ring (bicyclic) bond motifs is 1. The fraction of sp³-hybridized carbons (Fsp3) is 0.536. The van der Waals surface area contributed by atoms with Crippen molar-refractivity contribution in [3.05, 3.63) is 45.3 Å². The van der Waals surface area contributed by atoms with Gasteiger partial charge in [0.05, 0.1) is 21.7 Å². The number of benzene rings is 1. The van der Waals surface area contributed by atoms with Crippen LogP contribution in [0.4, 0.5) is 11.8 Å². The lowest BCUT2D eigenvalue weighted by molar-refractivity contribution is -0.158. The lowest BCUT2D eigenvalue weighted by Crippen LogP contribution is -2.58. The standard InChI is InChI=1S/C28H33Cl2N5O2S/c1-16(21-6-5-19(29)10-22(21)30)31-25-24-23(7-9-38-24)32-27(33-25)35-14-18(15-35)17-4-3-8-34(13-17)20-11-28(2,12-20)26(36)37/h5-7,9-10,16-18,20H,3-4,8,11-15H2,1-2H3,(H,36,37)(H,31,32,33)/t16-,17?,20?,28?/m1/s1. The molecule has 0 spiro atoms. The highest BCUT2D eigenvalue weighted by Crippen LogP contribution is 2.45. The summed E-state index contributed by atoms with van der Waals surface area (Å²) < 4.78 is 1.04. The first-order valence-electron chi connectivity index (χ1n) is 13.4. The van der Waals surface area contributed by atoms with E-state index in [-0.39, 0.29) is 6.04 Å². The lowest BCUT2D eigenvalue weighted by atomic mass is 9.65. The van der Waals surface area contributed by atoms with Gasteiger partial charge in [0.2, 0.25) is 5.95 Å². The van der Waals surface area contributed by atoms with Crippen molar-refractivity contribution < 1.29 is 9.90 Å². The Hall–Kier alpha value is -2.13. The number of carbonyl (C=O) groups is 1. The molecular formula is C28H33Cl2N5O2S. The van der Waals surface area contributed by atoms with Gasteiger partial charge >= 0.3 is 5.97 Å². The van der Waals surface area contributed by atoms with Crippen LogP contribution < -0.4 is 10.2 Å². The molecule has 0 radical (unpaired) electrons. The van der Waals surface area contributed by atoms with Crippen LogP contribution in [0.1, 0.15) is 51.1 Å². The molecule has 0 bridgehead atoms. The number of nitrogens with zero attached hydrogens (tertiary/aromatic N) is 4. The molecule has 1 saturated carbocycles. The second kappa shape index (κ2) is 10.1. The number of halogens is 2. The maximum atomic E-state index is 11.5. The number of anilines is 2. The monoisotopic (exact) mass is 573 g/mol. The van der Waals surface area contributed by atoms with E-state index < -0.39 is 11.4 Å². The maximum absolute atomic E-state index is 11.5. The van der Waals surface area contributed by atoms with E-state index in [9.17, 15) is 9.90 Å². The molecular weight excluding hydrogens is 541 g/mol. The van der Waals surface area contributed by atoms with Gasteiger partial charge in [-0.05, 0) is 87.1 Å². The van der Waals surface area contributed by atoms with Crippen LogP contribution in [0, 0.1) is 17.3 Å². The Balaban J connectivity index is 1.11. The summed E-state index contributed by atoms with van der Waals surface area (Å²) in [4.78, 5) is 26.2. The Bertz CT molecular complexity index is 1350. The van der Waals surface area contributed by atoms with Crippen LogP contribution in [0.5, 0.6) is 0 Å². The van der Waals surface area contributed by atoms with E-state index >= 15 is 0 Å². The van der Waals surface area contributed by atoms with Gasteiger partial charge in [-0.3, -0.25) is 4.79 Å². The van der Waals surface area contributed by atoms with Gasteiger partial charge in [0.25, 0.3) is 0 Å². The third-order valence-electron chi connectivity index (χ3n) is 8.83. The summed E-state index contributed by atoms with van der Waals surface area (Å²) >= 11 is 14.2. The molecule has 2 N–H and O–H groups in total. The molecule has 38 heavy (non-hydrogen) atoms. The molecule has 1 aliphatic carbocycles. The fourth-order valence-electron chi connectivity index (χ4n) is 6.37. The predicted octanol–water partition coefficient (Wildman–Crippen LogP) is 6.57. The van der Waals surface area contributed by atoms with E-state index in [1.807, 2.05) is 19.1 Å². The summed E-state index contributed by atoms with van der Waals surface area (Å²) in [5, 5.41) is 16.4. The van der Waals surface area contributed by atoms with Crippen molar-refractivity contribution >= 4 is 62.5 Å². The fourth-order valence-corrected chi connectivity index (χ4v) is 7.73. The van der Waals surface area contributed by atoms with E-state index in [1.165, 1.54) is 12.8 Å². The first-order chi connectivity index (χ1) is 18.2. The summed E-state index contributed by atoms with van der Waals surface area (Å²) in [5.41, 5.74) is 1.39. The minimum atomic E-state index is -0.654. The molecule has 1 unspecified atom stereocenters. The third kappa shape index (κ3) is 4.85. The molecule has 3 aliphatic rings. The molecule has 3 aromatic rings. The quantitative estimate of drug-likeness (QED) is 0.330. The summed E-state index contributed by atoms with van der Waals surface area (Å²) in [6, 6.07) is 8.01. The maximum Gasteiger partial charge on any atom is 0.309 e. The number of aromatic nitrogens is 2. The molecule has 2 saturated heterocycles. The molecule has 6 rings (SSSR count). The van der Waals surface area contributed by atoms with Gasteiger partial charge in [-0.15, -0.1) is 11.3 Å². The molecule has 3 fully saturated rings. The van der Waals surface area contributed by atoms with Gasteiger partial charge in [-0.25, -0.2) is 4.98 Å². The van der Waals surface area contributed by atoms with Crippen molar-refractivity contribution in [3.8, 4) is 0 Å². The van der Waals surface area contributed by atoms with Gasteiger partial charge in [0.1, 0.15) is 5.82 Å². The number of aliphatic carboxylic acids is 1. The highest BCUT2D eigenvalue weighted by atomic mass is 35.5. The van der Waals surface area contributed by atoms with Gasteiger partial charge in [-0.1, -0.05) is 29.3 Å².